The second-order valence-corrected chi connectivity index (χ2v) is 13.5. The molecule has 2 N–H and O–H groups in total. The predicted octanol–water partition coefficient (Wildman–Crippen LogP) is 7.57. The molecule has 1 fully saturated rings. The fourth-order valence-corrected chi connectivity index (χ4v) is 6.65. The number of aromatic nitrogens is 2. The number of likely N-dealkylation sites (tertiary alicyclic amines) is 1. The topological polar surface area (TPSA) is 113 Å². The first-order valence-corrected chi connectivity index (χ1v) is 18.0. The van der Waals surface area contributed by atoms with Gasteiger partial charge in [0.05, 0.1) is 29.0 Å². The fraction of sp³-hybridized carbons (Fsp3) is 0.310. The van der Waals surface area contributed by atoms with Crippen LogP contribution >= 0.6 is 11.6 Å². The van der Waals surface area contributed by atoms with Crippen LogP contribution in [0.4, 0.5) is 0 Å². The highest BCUT2D eigenvalue weighted by atomic mass is 35.5. The zero-order valence-corrected chi connectivity index (χ0v) is 30.4. The summed E-state index contributed by atoms with van der Waals surface area (Å²) in [5.41, 5.74) is 8.52. The van der Waals surface area contributed by atoms with E-state index in [0.717, 1.165) is 82.9 Å². The Morgan fingerprint density at radius 2 is 1.71 bits per heavy atom. The van der Waals surface area contributed by atoms with Crippen molar-refractivity contribution in [3.05, 3.63) is 135 Å². The third kappa shape index (κ3) is 9.66. The van der Waals surface area contributed by atoms with Crippen LogP contribution in [0.25, 0.3) is 11.1 Å². The second kappa shape index (κ2) is 18.0. The molecule has 0 saturated carbocycles. The van der Waals surface area contributed by atoms with Crippen molar-refractivity contribution in [3.8, 4) is 34.4 Å². The van der Waals surface area contributed by atoms with E-state index in [1.54, 1.807) is 18.5 Å². The molecule has 0 amide bonds. The highest BCUT2D eigenvalue weighted by Gasteiger charge is 2.20. The number of benzene rings is 3. The Labute approximate surface area is 310 Å². The number of nitrogens with zero attached hydrogens (tertiary/aromatic N) is 4. The van der Waals surface area contributed by atoms with Crippen LogP contribution in [0.15, 0.2) is 91.4 Å². The lowest BCUT2D eigenvalue weighted by Crippen LogP contribution is -2.24. The number of ether oxygens (including phenoxy) is 3. The molecule has 1 aliphatic rings. The van der Waals surface area contributed by atoms with E-state index >= 15 is 0 Å². The average Bonchev–Trinajstić information content (AvgIpc) is 3.58. The second-order valence-electron chi connectivity index (χ2n) is 13.0. The lowest BCUT2D eigenvalue weighted by atomic mass is 9.93. The van der Waals surface area contributed by atoms with Crippen molar-refractivity contribution >= 4 is 11.6 Å². The van der Waals surface area contributed by atoms with E-state index in [-0.39, 0.29) is 12.7 Å². The summed E-state index contributed by atoms with van der Waals surface area (Å²) in [5, 5.41) is 23.0. The highest BCUT2D eigenvalue weighted by molar-refractivity contribution is 6.32. The molecule has 0 unspecified atom stereocenters. The Morgan fingerprint density at radius 1 is 0.885 bits per heavy atom. The molecular weight excluding hydrogens is 674 g/mol. The molecule has 5 aromatic rings. The Balaban J connectivity index is 1.15. The fourth-order valence-electron chi connectivity index (χ4n) is 6.41. The summed E-state index contributed by atoms with van der Waals surface area (Å²) >= 11 is 6.83. The highest BCUT2D eigenvalue weighted by Crippen LogP contribution is 2.36. The molecule has 10 heteroatoms. The number of aliphatic hydroxyl groups is 1. The van der Waals surface area contributed by atoms with Gasteiger partial charge in [-0.25, -0.2) is 0 Å². The molecule has 52 heavy (non-hydrogen) atoms. The number of hydrogen-bond donors (Lipinski definition) is 2. The molecule has 0 spiro atoms. The molecular formula is C42H44ClN5O4. The molecule has 9 nitrogen and oxygen atoms in total. The Hall–Kier alpha value is -4.98. The summed E-state index contributed by atoms with van der Waals surface area (Å²) in [6, 6.07) is 25.9. The molecule has 3 heterocycles. The van der Waals surface area contributed by atoms with Crippen molar-refractivity contribution in [2.24, 2.45) is 0 Å². The number of nitriles is 1. The minimum atomic E-state index is -0.201. The van der Waals surface area contributed by atoms with Gasteiger partial charge < -0.3 is 29.5 Å². The van der Waals surface area contributed by atoms with Gasteiger partial charge in [0.2, 0.25) is 0 Å². The van der Waals surface area contributed by atoms with Crippen LogP contribution in [0.2, 0.25) is 5.02 Å². The van der Waals surface area contributed by atoms with E-state index in [1.165, 1.54) is 6.20 Å². The van der Waals surface area contributed by atoms with E-state index < -0.39 is 0 Å². The van der Waals surface area contributed by atoms with Gasteiger partial charge in [0.15, 0.2) is 0 Å². The first-order chi connectivity index (χ1) is 25.4. The molecule has 0 radical (unpaired) electrons. The maximum atomic E-state index is 9.80. The van der Waals surface area contributed by atoms with E-state index in [2.05, 4.69) is 58.3 Å². The average molecular weight is 718 g/mol. The lowest BCUT2D eigenvalue weighted by Gasteiger charge is -2.19. The summed E-state index contributed by atoms with van der Waals surface area (Å²) in [6.07, 6.45) is 6.55. The largest absolute Gasteiger partial charge is 0.493 e. The number of hydrogen-bond acceptors (Lipinski definition) is 9. The maximum absolute atomic E-state index is 9.80. The molecule has 1 aliphatic heterocycles. The third-order valence-corrected chi connectivity index (χ3v) is 9.60. The molecule has 3 aromatic carbocycles. The standard InChI is InChI=1S/C42H44ClN5O4/c1-29-33(8-5-10-37(29)38-11-6-12-40(30(38)2)50-17-7-15-48-16-13-36(49)26-48)28-52-42-20-41(51-27-32-18-31(21-44)22-45-23-32)34(19-39(42)43)24-46-25-35-9-3-4-14-47-35/h3-6,8-12,14,18-20,22-23,36,46,49H,7,13,15-17,24-28H2,1-2H3/t36-/m1/s1. The number of pyridine rings is 2. The number of β-amino-alcohol motifs (C(OH)–C–C–N with tert-alkyl or cyclic N) is 1. The zero-order valence-electron chi connectivity index (χ0n) is 29.6. The van der Waals surface area contributed by atoms with Crippen LogP contribution in [0.3, 0.4) is 0 Å². The van der Waals surface area contributed by atoms with E-state index in [4.69, 9.17) is 25.8 Å². The quantitative estimate of drug-likeness (QED) is 0.0999. The van der Waals surface area contributed by atoms with Crippen LogP contribution in [0, 0.1) is 25.2 Å². The summed E-state index contributed by atoms with van der Waals surface area (Å²) in [7, 11) is 0. The molecule has 1 atom stereocenters. The zero-order chi connectivity index (χ0) is 36.3. The normalized spacial score (nSPS) is 14.2. The van der Waals surface area contributed by atoms with Gasteiger partial charge in [0.25, 0.3) is 0 Å². The van der Waals surface area contributed by atoms with Crippen LogP contribution < -0.4 is 19.5 Å². The summed E-state index contributed by atoms with van der Waals surface area (Å²) < 4.78 is 18.9. The van der Waals surface area contributed by atoms with Crippen LogP contribution in [-0.2, 0) is 26.3 Å². The molecule has 2 aromatic heterocycles. The summed E-state index contributed by atoms with van der Waals surface area (Å²) in [6.45, 7) is 9.07. The monoisotopic (exact) mass is 717 g/mol. The third-order valence-electron chi connectivity index (χ3n) is 9.31. The van der Waals surface area contributed by atoms with Crippen LogP contribution in [-0.4, -0.2) is 52.3 Å². The van der Waals surface area contributed by atoms with Crippen molar-refractivity contribution in [2.45, 2.75) is 59.1 Å². The predicted molar refractivity (Wildman–Crippen MR) is 202 cm³/mol. The first kappa shape index (κ1) is 36.8. The van der Waals surface area contributed by atoms with Crippen molar-refractivity contribution in [1.29, 1.82) is 5.26 Å². The van der Waals surface area contributed by atoms with Crippen LogP contribution in [0.5, 0.6) is 17.2 Å². The van der Waals surface area contributed by atoms with Crippen LogP contribution in [0.1, 0.15) is 51.9 Å². The van der Waals surface area contributed by atoms with E-state index in [0.29, 0.717) is 48.4 Å². The molecule has 6 rings (SSSR count). The summed E-state index contributed by atoms with van der Waals surface area (Å²) in [4.78, 5) is 10.8. The van der Waals surface area contributed by atoms with Gasteiger partial charge in [-0.2, -0.15) is 5.26 Å². The first-order valence-electron chi connectivity index (χ1n) is 17.6. The summed E-state index contributed by atoms with van der Waals surface area (Å²) in [5.74, 6) is 2.00. The van der Waals surface area contributed by atoms with Gasteiger partial charge in [0, 0.05) is 68.5 Å². The van der Waals surface area contributed by atoms with Gasteiger partial charge in [-0.15, -0.1) is 0 Å². The minimum absolute atomic E-state index is 0.201. The van der Waals surface area contributed by atoms with Gasteiger partial charge in [-0.3, -0.25) is 9.97 Å². The van der Waals surface area contributed by atoms with Gasteiger partial charge in [0.1, 0.15) is 36.5 Å². The van der Waals surface area contributed by atoms with Crippen molar-refractivity contribution < 1.29 is 19.3 Å². The van der Waals surface area contributed by atoms with Crippen molar-refractivity contribution in [3.63, 3.8) is 0 Å². The molecule has 268 valence electrons. The van der Waals surface area contributed by atoms with Crippen molar-refractivity contribution in [1.82, 2.24) is 20.2 Å². The lowest BCUT2D eigenvalue weighted by molar-refractivity contribution is 0.173. The number of rotatable bonds is 16. The smallest absolute Gasteiger partial charge is 0.142 e. The van der Waals surface area contributed by atoms with Gasteiger partial charge >= 0.3 is 0 Å². The maximum Gasteiger partial charge on any atom is 0.142 e. The van der Waals surface area contributed by atoms with Crippen molar-refractivity contribution in [2.75, 3.05) is 26.2 Å². The Bertz CT molecular complexity index is 2000. The molecule has 1 saturated heterocycles. The SMILES string of the molecule is Cc1c(COc2cc(OCc3cncc(C#N)c3)c(CNCc3ccccn3)cc2Cl)cccc1-c1cccc(OCCCN2CC[C@@H](O)C2)c1C. The Kier molecular flexibility index (Phi) is 12.7. The van der Waals surface area contributed by atoms with E-state index in [9.17, 15) is 10.4 Å². The number of aliphatic hydroxyl groups excluding tert-OH is 1. The van der Waals surface area contributed by atoms with Gasteiger partial charge in [-0.05, 0) is 84.8 Å². The van der Waals surface area contributed by atoms with Gasteiger partial charge in [-0.1, -0.05) is 48.0 Å². The van der Waals surface area contributed by atoms with E-state index in [1.807, 2.05) is 48.5 Å². The minimum Gasteiger partial charge on any atom is -0.493 e. The molecule has 0 bridgehead atoms. The number of halogens is 1. The molecule has 0 aliphatic carbocycles. The Morgan fingerprint density at radius 3 is 2.50 bits per heavy atom. The number of nitrogens with one attached hydrogen (secondary N) is 1.